The van der Waals surface area contributed by atoms with Gasteiger partial charge < -0.3 is 11.1 Å². The van der Waals surface area contributed by atoms with Gasteiger partial charge in [-0.25, -0.2) is 0 Å². The minimum absolute atomic E-state index is 0.0647. The SMILES string of the molecule is NC1(C(=O)Nc2cccc3ccccc23)CCC1. The van der Waals surface area contributed by atoms with Crippen molar-refractivity contribution >= 4 is 22.4 Å². The third-order valence-electron chi connectivity index (χ3n) is 3.74. The number of nitrogens with one attached hydrogen (secondary N) is 1. The van der Waals surface area contributed by atoms with Crippen molar-refractivity contribution in [3.05, 3.63) is 42.5 Å². The Kier molecular flexibility index (Phi) is 2.56. The lowest BCUT2D eigenvalue weighted by atomic mass is 9.77. The van der Waals surface area contributed by atoms with Crippen LogP contribution in [0, 0.1) is 0 Å². The van der Waals surface area contributed by atoms with Gasteiger partial charge in [-0.2, -0.15) is 0 Å². The zero-order valence-corrected chi connectivity index (χ0v) is 10.1. The van der Waals surface area contributed by atoms with E-state index in [-0.39, 0.29) is 5.91 Å². The number of benzene rings is 2. The van der Waals surface area contributed by atoms with Gasteiger partial charge in [0, 0.05) is 11.1 Å². The van der Waals surface area contributed by atoms with Crippen molar-refractivity contribution in [3.63, 3.8) is 0 Å². The molecule has 1 aliphatic carbocycles. The quantitative estimate of drug-likeness (QED) is 0.848. The van der Waals surface area contributed by atoms with E-state index in [1.165, 1.54) is 0 Å². The summed E-state index contributed by atoms with van der Waals surface area (Å²) >= 11 is 0. The van der Waals surface area contributed by atoms with Gasteiger partial charge in [-0.15, -0.1) is 0 Å². The first kappa shape index (κ1) is 11.2. The third kappa shape index (κ3) is 1.77. The van der Waals surface area contributed by atoms with Crippen LogP contribution in [0.2, 0.25) is 0 Å². The molecule has 0 aliphatic heterocycles. The van der Waals surface area contributed by atoms with Gasteiger partial charge in [0.1, 0.15) is 0 Å². The van der Waals surface area contributed by atoms with Crippen molar-refractivity contribution in [2.75, 3.05) is 5.32 Å². The maximum absolute atomic E-state index is 12.1. The number of carbonyl (C=O) groups excluding carboxylic acids is 1. The highest BCUT2D eigenvalue weighted by atomic mass is 16.2. The normalized spacial score (nSPS) is 17.2. The van der Waals surface area contributed by atoms with Gasteiger partial charge in [0.25, 0.3) is 0 Å². The van der Waals surface area contributed by atoms with E-state index in [0.29, 0.717) is 0 Å². The van der Waals surface area contributed by atoms with Crippen molar-refractivity contribution < 1.29 is 4.79 Å². The number of hydrogen-bond acceptors (Lipinski definition) is 2. The van der Waals surface area contributed by atoms with Crippen LogP contribution in [-0.4, -0.2) is 11.4 Å². The number of rotatable bonds is 2. The highest BCUT2D eigenvalue weighted by molar-refractivity contribution is 6.05. The summed E-state index contributed by atoms with van der Waals surface area (Å²) in [5.74, 6) is -0.0647. The van der Waals surface area contributed by atoms with E-state index in [1.807, 2.05) is 42.5 Å². The van der Waals surface area contributed by atoms with Gasteiger partial charge >= 0.3 is 0 Å². The molecule has 0 unspecified atom stereocenters. The average Bonchev–Trinajstić information content (AvgIpc) is 2.36. The number of anilines is 1. The van der Waals surface area contributed by atoms with Crippen LogP contribution in [-0.2, 0) is 4.79 Å². The van der Waals surface area contributed by atoms with Gasteiger partial charge in [0.15, 0.2) is 0 Å². The molecule has 1 amide bonds. The molecule has 0 bridgehead atoms. The van der Waals surface area contributed by atoms with E-state index in [2.05, 4.69) is 5.32 Å². The molecular formula is C15H16N2O. The highest BCUT2D eigenvalue weighted by Gasteiger charge is 2.40. The number of nitrogens with two attached hydrogens (primary N) is 1. The van der Waals surface area contributed by atoms with Gasteiger partial charge in [0.05, 0.1) is 5.54 Å². The molecule has 3 rings (SSSR count). The second kappa shape index (κ2) is 4.10. The standard InChI is InChI=1S/C15H16N2O/c16-15(9-4-10-15)14(18)17-13-8-3-6-11-5-1-2-7-12(11)13/h1-3,5-8H,4,9-10,16H2,(H,17,18). The lowest BCUT2D eigenvalue weighted by molar-refractivity contribution is -0.123. The first-order valence-electron chi connectivity index (χ1n) is 6.27. The zero-order valence-electron chi connectivity index (χ0n) is 10.1. The molecule has 92 valence electrons. The fraction of sp³-hybridized carbons (Fsp3) is 0.267. The first-order chi connectivity index (χ1) is 8.69. The molecule has 3 heteroatoms. The van der Waals surface area contributed by atoms with E-state index in [1.54, 1.807) is 0 Å². The predicted octanol–water partition coefficient (Wildman–Crippen LogP) is 2.66. The summed E-state index contributed by atoms with van der Waals surface area (Å²) in [7, 11) is 0. The highest BCUT2D eigenvalue weighted by Crippen LogP contribution is 2.31. The fourth-order valence-corrected chi connectivity index (χ4v) is 2.37. The van der Waals surface area contributed by atoms with E-state index in [0.717, 1.165) is 35.7 Å². The molecule has 1 fully saturated rings. The minimum atomic E-state index is -0.656. The summed E-state index contributed by atoms with van der Waals surface area (Å²) in [5, 5.41) is 5.14. The summed E-state index contributed by atoms with van der Waals surface area (Å²) in [6, 6.07) is 13.9. The second-order valence-corrected chi connectivity index (χ2v) is 4.99. The molecule has 0 atom stereocenters. The summed E-state index contributed by atoms with van der Waals surface area (Å²) in [5.41, 5.74) is 6.21. The van der Waals surface area contributed by atoms with Crippen LogP contribution in [0.4, 0.5) is 5.69 Å². The molecule has 1 saturated carbocycles. The molecule has 18 heavy (non-hydrogen) atoms. The van der Waals surface area contributed by atoms with Gasteiger partial charge in [-0.3, -0.25) is 4.79 Å². The fourth-order valence-electron chi connectivity index (χ4n) is 2.37. The molecule has 0 heterocycles. The predicted molar refractivity (Wildman–Crippen MR) is 73.3 cm³/mol. The van der Waals surface area contributed by atoms with Crippen LogP contribution < -0.4 is 11.1 Å². The Balaban J connectivity index is 1.93. The molecule has 2 aromatic carbocycles. The Hall–Kier alpha value is -1.87. The summed E-state index contributed by atoms with van der Waals surface area (Å²) in [4.78, 5) is 12.1. The van der Waals surface area contributed by atoms with Crippen molar-refractivity contribution in [2.45, 2.75) is 24.8 Å². The number of amides is 1. The Labute approximate surface area is 106 Å². The molecule has 0 spiro atoms. The molecule has 0 aromatic heterocycles. The summed E-state index contributed by atoms with van der Waals surface area (Å²) in [6.45, 7) is 0. The maximum Gasteiger partial charge on any atom is 0.244 e. The number of carbonyl (C=O) groups is 1. The van der Waals surface area contributed by atoms with E-state index < -0.39 is 5.54 Å². The molecule has 0 radical (unpaired) electrons. The van der Waals surface area contributed by atoms with E-state index >= 15 is 0 Å². The van der Waals surface area contributed by atoms with Gasteiger partial charge in [-0.1, -0.05) is 36.4 Å². The van der Waals surface area contributed by atoms with E-state index in [9.17, 15) is 4.79 Å². The lowest BCUT2D eigenvalue weighted by Crippen LogP contribution is -2.56. The van der Waals surface area contributed by atoms with Crippen LogP contribution in [0.15, 0.2) is 42.5 Å². The maximum atomic E-state index is 12.1. The van der Waals surface area contributed by atoms with Crippen molar-refractivity contribution in [3.8, 4) is 0 Å². The monoisotopic (exact) mass is 240 g/mol. The topological polar surface area (TPSA) is 55.1 Å². The number of fused-ring (bicyclic) bond motifs is 1. The summed E-state index contributed by atoms with van der Waals surface area (Å²) in [6.07, 6.45) is 2.60. The van der Waals surface area contributed by atoms with Crippen molar-refractivity contribution in [2.24, 2.45) is 5.73 Å². The largest absolute Gasteiger partial charge is 0.324 e. The third-order valence-corrected chi connectivity index (χ3v) is 3.74. The van der Waals surface area contributed by atoms with E-state index in [4.69, 9.17) is 5.73 Å². The molecule has 2 aromatic rings. The van der Waals surface area contributed by atoms with Crippen LogP contribution in [0.5, 0.6) is 0 Å². The molecule has 1 aliphatic rings. The van der Waals surface area contributed by atoms with Crippen LogP contribution in [0.1, 0.15) is 19.3 Å². The van der Waals surface area contributed by atoms with Crippen LogP contribution in [0.3, 0.4) is 0 Å². The molecule has 0 saturated heterocycles. The molecule has 3 N–H and O–H groups in total. The number of hydrogen-bond donors (Lipinski definition) is 2. The molecular weight excluding hydrogens is 224 g/mol. The first-order valence-corrected chi connectivity index (χ1v) is 6.27. The summed E-state index contributed by atoms with van der Waals surface area (Å²) < 4.78 is 0. The Morgan fingerprint density at radius 3 is 2.56 bits per heavy atom. The van der Waals surface area contributed by atoms with Gasteiger partial charge in [0.2, 0.25) is 5.91 Å². The minimum Gasteiger partial charge on any atom is -0.324 e. The Bertz CT molecular complexity index is 597. The van der Waals surface area contributed by atoms with Crippen molar-refractivity contribution in [1.29, 1.82) is 0 Å². The van der Waals surface area contributed by atoms with Crippen LogP contribution in [0.25, 0.3) is 10.8 Å². The smallest absolute Gasteiger partial charge is 0.244 e. The van der Waals surface area contributed by atoms with Gasteiger partial charge in [-0.05, 0) is 30.7 Å². The average molecular weight is 240 g/mol. The Morgan fingerprint density at radius 1 is 1.11 bits per heavy atom. The lowest BCUT2D eigenvalue weighted by Gasteiger charge is -2.36. The van der Waals surface area contributed by atoms with Crippen LogP contribution >= 0.6 is 0 Å². The Morgan fingerprint density at radius 2 is 1.83 bits per heavy atom. The van der Waals surface area contributed by atoms with Crippen molar-refractivity contribution in [1.82, 2.24) is 0 Å². The zero-order chi connectivity index (χ0) is 12.6. The second-order valence-electron chi connectivity index (χ2n) is 4.99. The molecule has 3 nitrogen and oxygen atoms in total.